The third-order valence-corrected chi connectivity index (χ3v) is 3.98. The molecular weight excluding hydrogens is 194 g/mol. The summed E-state index contributed by atoms with van der Waals surface area (Å²) in [4.78, 5) is 1.27. The Morgan fingerprint density at radius 2 is 2.50 bits per heavy atom. The number of nitrogens with two attached hydrogens (primary N) is 1. The van der Waals surface area contributed by atoms with Gasteiger partial charge in [-0.05, 0) is 42.3 Å². The number of hydrogen-bond acceptors (Lipinski definition) is 4. The van der Waals surface area contributed by atoms with E-state index in [1.165, 1.54) is 24.1 Å². The molecule has 0 aliphatic heterocycles. The highest BCUT2D eigenvalue weighted by atomic mass is 32.1. The number of nitrogens with one attached hydrogen (secondary N) is 1. The van der Waals surface area contributed by atoms with Crippen LogP contribution in [0.25, 0.3) is 0 Å². The van der Waals surface area contributed by atoms with Crippen molar-refractivity contribution in [1.29, 1.82) is 0 Å². The number of hydrazine groups is 1. The third kappa shape index (κ3) is 1.97. The first-order valence-electron chi connectivity index (χ1n) is 5.18. The zero-order valence-corrected chi connectivity index (χ0v) is 9.26. The standard InChI is InChI=1S/C10H17N3S/c1-7-2-3-8(6-7)10(13-11)9-4-5-12-14-9/h4-5,7-8,10,13H,2-3,6,11H2,1H3. The van der Waals surface area contributed by atoms with Crippen LogP contribution in [0.5, 0.6) is 0 Å². The van der Waals surface area contributed by atoms with E-state index in [-0.39, 0.29) is 0 Å². The molecule has 3 atom stereocenters. The van der Waals surface area contributed by atoms with Crippen molar-refractivity contribution >= 4 is 11.5 Å². The van der Waals surface area contributed by atoms with Gasteiger partial charge in [0.15, 0.2) is 0 Å². The maximum absolute atomic E-state index is 5.62. The van der Waals surface area contributed by atoms with E-state index in [2.05, 4.69) is 22.8 Å². The average molecular weight is 211 g/mol. The van der Waals surface area contributed by atoms with Gasteiger partial charge in [-0.15, -0.1) is 0 Å². The fraction of sp³-hybridized carbons (Fsp3) is 0.700. The zero-order valence-electron chi connectivity index (χ0n) is 8.44. The molecule has 0 amide bonds. The van der Waals surface area contributed by atoms with Crippen LogP contribution in [0.15, 0.2) is 12.3 Å². The van der Waals surface area contributed by atoms with E-state index in [1.807, 2.05) is 6.20 Å². The fourth-order valence-electron chi connectivity index (χ4n) is 2.39. The maximum Gasteiger partial charge on any atom is 0.0597 e. The van der Waals surface area contributed by atoms with Crippen LogP contribution in [0.3, 0.4) is 0 Å². The van der Waals surface area contributed by atoms with Gasteiger partial charge in [0.2, 0.25) is 0 Å². The van der Waals surface area contributed by atoms with Gasteiger partial charge in [-0.25, -0.2) is 4.37 Å². The molecule has 3 N–H and O–H groups in total. The molecule has 0 saturated heterocycles. The van der Waals surface area contributed by atoms with Crippen LogP contribution in [0.1, 0.15) is 37.1 Å². The van der Waals surface area contributed by atoms with Crippen LogP contribution in [-0.4, -0.2) is 4.37 Å². The normalized spacial score (nSPS) is 29.3. The van der Waals surface area contributed by atoms with Crippen molar-refractivity contribution in [2.24, 2.45) is 17.7 Å². The summed E-state index contributed by atoms with van der Waals surface area (Å²) in [5.74, 6) is 7.16. The van der Waals surface area contributed by atoms with E-state index in [0.29, 0.717) is 12.0 Å². The predicted octanol–water partition coefficient (Wildman–Crippen LogP) is 2.08. The molecular formula is C10H17N3S. The van der Waals surface area contributed by atoms with Gasteiger partial charge in [-0.3, -0.25) is 11.3 Å². The molecule has 4 heteroatoms. The molecule has 0 bridgehead atoms. The van der Waals surface area contributed by atoms with Gasteiger partial charge >= 0.3 is 0 Å². The van der Waals surface area contributed by atoms with Gasteiger partial charge in [-0.1, -0.05) is 13.3 Å². The summed E-state index contributed by atoms with van der Waals surface area (Å²) in [5.41, 5.74) is 2.94. The lowest BCUT2D eigenvalue weighted by molar-refractivity contribution is 0.369. The summed E-state index contributed by atoms with van der Waals surface area (Å²) < 4.78 is 4.13. The van der Waals surface area contributed by atoms with E-state index in [4.69, 9.17) is 5.84 Å². The van der Waals surface area contributed by atoms with E-state index >= 15 is 0 Å². The van der Waals surface area contributed by atoms with Gasteiger partial charge in [0, 0.05) is 11.1 Å². The average Bonchev–Trinajstić information content (AvgIpc) is 2.79. The summed E-state index contributed by atoms with van der Waals surface area (Å²) in [5, 5.41) is 0. The van der Waals surface area contributed by atoms with Crippen molar-refractivity contribution < 1.29 is 0 Å². The second kappa shape index (κ2) is 4.38. The van der Waals surface area contributed by atoms with Crippen molar-refractivity contribution in [2.45, 2.75) is 32.2 Å². The monoisotopic (exact) mass is 211 g/mol. The summed E-state index contributed by atoms with van der Waals surface area (Å²) in [7, 11) is 0. The molecule has 78 valence electrons. The quantitative estimate of drug-likeness (QED) is 0.594. The number of hydrogen-bond donors (Lipinski definition) is 2. The van der Waals surface area contributed by atoms with Gasteiger partial charge < -0.3 is 0 Å². The fourth-order valence-corrected chi connectivity index (χ4v) is 3.13. The first-order valence-corrected chi connectivity index (χ1v) is 5.95. The summed E-state index contributed by atoms with van der Waals surface area (Å²) >= 11 is 1.55. The van der Waals surface area contributed by atoms with Crippen LogP contribution in [0.4, 0.5) is 0 Å². The Labute approximate surface area is 88.8 Å². The molecule has 2 rings (SSSR count). The Balaban J connectivity index is 2.07. The summed E-state index contributed by atoms with van der Waals surface area (Å²) in [6, 6.07) is 2.38. The van der Waals surface area contributed by atoms with Crippen molar-refractivity contribution in [3.8, 4) is 0 Å². The third-order valence-electron chi connectivity index (χ3n) is 3.15. The molecule has 1 heterocycles. The first kappa shape index (κ1) is 10.1. The molecule has 14 heavy (non-hydrogen) atoms. The van der Waals surface area contributed by atoms with E-state index in [0.717, 1.165) is 5.92 Å². The molecule has 1 fully saturated rings. The maximum atomic E-state index is 5.62. The molecule has 0 aromatic carbocycles. The van der Waals surface area contributed by atoms with E-state index < -0.39 is 0 Å². The zero-order chi connectivity index (χ0) is 9.97. The predicted molar refractivity (Wildman–Crippen MR) is 58.7 cm³/mol. The number of aromatic nitrogens is 1. The molecule has 1 aromatic heterocycles. The SMILES string of the molecule is CC1CCC(C(NN)c2ccns2)C1. The van der Waals surface area contributed by atoms with Crippen LogP contribution in [0, 0.1) is 11.8 Å². The highest BCUT2D eigenvalue weighted by Gasteiger charge is 2.29. The molecule has 1 saturated carbocycles. The molecule has 0 spiro atoms. The highest BCUT2D eigenvalue weighted by Crippen LogP contribution is 2.39. The highest BCUT2D eigenvalue weighted by molar-refractivity contribution is 7.05. The lowest BCUT2D eigenvalue weighted by Gasteiger charge is -2.20. The lowest BCUT2D eigenvalue weighted by atomic mass is 9.96. The van der Waals surface area contributed by atoms with Crippen LogP contribution in [0.2, 0.25) is 0 Å². The van der Waals surface area contributed by atoms with Crippen molar-refractivity contribution in [3.63, 3.8) is 0 Å². The lowest BCUT2D eigenvalue weighted by Crippen LogP contribution is -2.32. The molecule has 0 radical (unpaired) electrons. The van der Waals surface area contributed by atoms with E-state index in [9.17, 15) is 0 Å². The Morgan fingerprint density at radius 3 is 3.00 bits per heavy atom. The Hall–Kier alpha value is -0.450. The molecule has 1 aliphatic carbocycles. The summed E-state index contributed by atoms with van der Waals surface area (Å²) in [6.07, 6.45) is 5.76. The minimum atomic E-state index is 0.312. The van der Waals surface area contributed by atoms with Crippen molar-refractivity contribution in [1.82, 2.24) is 9.80 Å². The largest absolute Gasteiger partial charge is 0.271 e. The summed E-state index contributed by atoms with van der Waals surface area (Å²) in [6.45, 7) is 2.32. The Morgan fingerprint density at radius 1 is 1.64 bits per heavy atom. The van der Waals surface area contributed by atoms with Gasteiger partial charge in [-0.2, -0.15) is 0 Å². The number of rotatable bonds is 3. The molecule has 1 aromatic rings. The second-order valence-corrected chi connectivity index (χ2v) is 5.10. The Bertz CT molecular complexity index is 273. The minimum absolute atomic E-state index is 0.312. The van der Waals surface area contributed by atoms with Crippen LogP contribution >= 0.6 is 11.5 Å². The van der Waals surface area contributed by atoms with E-state index in [1.54, 1.807) is 11.5 Å². The Kier molecular flexibility index (Phi) is 3.15. The topological polar surface area (TPSA) is 50.9 Å². The minimum Gasteiger partial charge on any atom is -0.271 e. The van der Waals surface area contributed by atoms with Gasteiger partial charge in [0.25, 0.3) is 0 Å². The molecule has 1 aliphatic rings. The van der Waals surface area contributed by atoms with Crippen LogP contribution < -0.4 is 11.3 Å². The van der Waals surface area contributed by atoms with Crippen molar-refractivity contribution in [3.05, 3.63) is 17.1 Å². The van der Waals surface area contributed by atoms with Gasteiger partial charge in [0.1, 0.15) is 0 Å². The second-order valence-electron chi connectivity index (χ2n) is 4.24. The van der Waals surface area contributed by atoms with Gasteiger partial charge in [0.05, 0.1) is 6.04 Å². The van der Waals surface area contributed by atoms with Crippen molar-refractivity contribution in [2.75, 3.05) is 0 Å². The number of nitrogens with zero attached hydrogens (tertiary/aromatic N) is 1. The smallest absolute Gasteiger partial charge is 0.0597 e. The molecule has 3 nitrogen and oxygen atoms in total. The first-order chi connectivity index (χ1) is 6.81. The van der Waals surface area contributed by atoms with Crippen LogP contribution in [-0.2, 0) is 0 Å². The molecule has 3 unspecified atom stereocenters.